The van der Waals surface area contributed by atoms with Gasteiger partial charge in [0.1, 0.15) is 0 Å². The second kappa shape index (κ2) is 6.11. The number of aliphatic hydroxyl groups is 1. The highest BCUT2D eigenvalue weighted by atomic mass is 16.5. The van der Waals surface area contributed by atoms with E-state index in [0.717, 1.165) is 24.8 Å². The van der Waals surface area contributed by atoms with Crippen LogP contribution < -0.4 is 5.76 Å². The van der Waals surface area contributed by atoms with Gasteiger partial charge in [-0.2, -0.15) is 0 Å². The van der Waals surface area contributed by atoms with Gasteiger partial charge in [0, 0.05) is 31.1 Å². The van der Waals surface area contributed by atoms with Crippen molar-refractivity contribution in [3.63, 3.8) is 0 Å². The van der Waals surface area contributed by atoms with Crippen LogP contribution in [-0.2, 0) is 6.54 Å². The number of unbranched alkanes of at least 4 members (excludes halogenated alkanes) is 2. The van der Waals surface area contributed by atoms with Gasteiger partial charge in [0.05, 0.1) is 0 Å². The van der Waals surface area contributed by atoms with Gasteiger partial charge < -0.3 is 5.11 Å². The Morgan fingerprint density at radius 2 is 2.22 bits per heavy atom. The normalized spacial score (nSPS) is 10.7. The average Bonchev–Trinajstić information content (AvgIpc) is 2.77. The maximum atomic E-state index is 11.5. The molecule has 0 fully saturated rings. The zero-order chi connectivity index (χ0) is 12.8. The van der Waals surface area contributed by atoms with Crippen LogP contribution in [0, 0.1) is 0 Å². The van der Waals surface area contributed by atoms with E-state index in [-0.39, 0.29) is 6.61 Å². The van der Waals surface area contributed by atoms with Crippen LogP contribution in [0.25, 0.3) is 11.4 Å². The van der Waals surface area contributed by atoms with Crippen molar-refractivity contribution < 1.29 is 9.63 Å². The molecular formula is C12H15N3O3. The SMILES string of the molecule is O=c1onc(-c2cccnc2)n1CCCCCO. The molecule has 2 heterocycles. The summed E-state index contributed by atoms with van der Waals surface area (Å²) < 4.78 is 6.18. The van der Waals surface area contributed by atoms with Gasteiger partial charge in [-0.05, 0) is 31.4 Å². The van der Waals surface area contributed by atoms with Crippen LogP contribution in [0.3, 0.4) is 0 Å². The van der Waals surface area contributed by atoms with Crippen LogP contribution >= 0.6 is 0 Å². The Hall–Kier alpha value is -1.95. The molecule has 0 radical (unpaired) electrons. The molecule has 0 bridgehead atoms. The Morgan fingerprint density at radius 3 is 2.94 bits per heavy atom. The van der Waals surface area contributed by atoms with Crippen molar-refractivity contribution in [3.8, 4) is 11.4 Å². The van der Waals surface area contributed by atoms with Gasteiger partial charge in [-0.15, -0.1) is 0 Å². The lowest BCUT2D eigenvalue weighted by molar-refractivity contribution is 0.281. The highest BCUT2D eigenvalue weighted by Crippen LogP contribution is 2.14. The smallest absolute Gasteiger partial charge is 0.396 e. The minimum Gasteiger partial charge on any atom is -0.396 e. The summed E-state index contributed by atoms with van der Waals surface area (Å²) in [7, 11) is 0. The van der Waals surface area contributed by atoms with Crippen molar-refractivity contribution in [2.24, 2.45) is 0 Å². The zero-order valence-corrected chi connectivity index (χ0v) is 9.95. The molecule has 0 amide bonds. The standard InChI is InChI=1S/C12H15N3O3/c16-8-3-1-2-7-15-11(14-18-12(15)17)10-5-4-6-13-9-10/h4-6,9,16H,1-3,7-8H2. The molecule has 0 aliphatic rings. The van der Waals surface area contributed by atoms with Gasteiger partial charge in [-0.1, -0.05) is 5.16 Å². The number of pyridine rings is 1. The van der Waals surface area contributed by atoms with Crippen molar-refractivity contribution in [2.75, 3.05) is 6.61 Å². The van der Waals surface area contributed by atoms with E-state index in [1.165, 1.54) is 4.57 Å². The fourth-order valence-corrected chi connectivity index (χ4v) is 1.73. The zero-order valence-electron chi connectivity index (χ0n) is 9.95. The first-order valence-electron chi connectivity index (χ1n) is 5.90. The third-order valence-corrected chi connectivity index (χ3v) is 2.65. The van der Waals surface area contributed by atoms with Gasteiger partial charge in [-0.3, -0.25) is 14.1 Å². The molecule has 18 heavy (non-hydrogen) atoms. The Morgan fingerprint density at radius 1 is 1.33 bits per heavy atom. The molecule has 0 spiro atoms. The summed E-state index contributed by atoms with van der Waals surface area (Å²) in [6.07, 6.45) is 5.70. The van der Waals surface area contributed by atoms with Crippen LogP contribution in [0.1, 0.15) is 19.3 Å². The van der Waals surface area contributed by atoms with E-state index >= 15 is 0 Å². The van der Waals surface area contributed by atoms with Crippen LogP contribution in [0.2, 0.25) is 0 Å². The first-order chi connectivity index (χ1) is 8.83. The van der Waals surface area contributed by atoms with Crippen molar-refractivity contribution in [2.45, 2.75) is 25.8 Å². The summed E-state index contributed by atoms with van der Waals surface area (Å²) >= 11 is 0. The molecule has 0 unspecified atom stereocenters. The summed E-state index contributed by atoms with van der Waals surface area (Å²) in [4.78, 5) is 15.5. The molecule has 2 aromatic rings. The van der Waals surface area contributed by atoms with E-state index in [2.05, 4.69) is 14.7 Å². The monoisotopic (exact) mass is 249 g/mol. The summed E-state index contributed by atoms with van der Waals surface area (Å²) in [6.45, 7) is 0.709. The number of hydrogen-bond donors (Lipinski definition) is 1. The topological polar surface area (TPSA) is 81.2 Å². The molecule has 6 heteroatoms. The summed E-state index contributed by atoms with van der Waals surface area (Å²) in [5, 5.41) is 12.5. The van der Waals surface area contributed by atoms with Crippen molar-refractivity contribution >= 4 is 0 Å². The maximum Gasteiger partial charge on any atom is 0.441 e. The Balaban J connectivity index is 2.15. The second-order valence-corrected chi connectivity index (χ2v) is 3.95. The summed E-state index contributed by atoms with van der Waals surface area (Å²) in [5.41, 5.74) is 0.755. The van der Waals surface area contributed by atoms with Crippen LogP contribution in [0.4, 0.5) is 0 Å². The Labute approximate surface area is 104 Å². The molecule has 0 aromatic carbocycles. The number of rotatable bonds is 6. The number of nitrogens with zero attached hydrogens (tertiary/aromatic N) is 3. The number of aromatic nitrogens is 3. The predicted molar refractivity (Wildman–Crippen MR) is 64.9 cm³/mol. The highest BCUT2D eigenvalue weighted by molar-refractivity contribution is 5.52. The maximum absolute atomic E-state index is 11.5. The first kappa shape index (κ1) is 12.5. The molecule has 2 rings (SSSR count). The molecule has 96 valence electrons. The second-order valence-electron chi connectivity index (χ2n) is 3.95. The van der Waals surface area contributed by atoms with E-state index in [9.17, 15) is 4.79 Å². The van der Waals surface area contributed by atoms with E-state index in [4.69, 9.17) is 5.11 Å². The molecule has 6 nitrogen and oxygen atoms in total. The molecule has 0 aliphatic carbocycles. The van der Waals surface area contributed by atoms with E-state index in [1.54, 1.807) is 18.5 Å². The fourth-order valence-electron chi connectivity index (χ4n) is 1.73. The molecular weight excluding hydrogens is 234 g/mol. The molecule has 1 N–H and O–H groups in total. The molecule has 0 aliphatic heterocycles. The lowest BCUT2D eigenvalue weighted by Crippen LogP contribution is -2.15. The largest absolute Gasteiger partial charge is 0.441 e. The van der Waals surface area contributed by atoms with Crippen molar-refractivity contribution in [3.05, 3.63) is 35.1 Å². The third kappa shape index (κ3) is 2.84. The molecule has 0 saturated carbocycles. The van der Waals surface area contributed by atoms with E-state index in [0.29, 0.717) is 12.4 Å². The van der Waals surface area contributed by atoms with E-state index in [1.807, 2.05) is 6.07 Å². The predicted octanol–water partition coefficient (Wildman–Crippen LogP) is 1.06. The highest BCUT2D eigenvalue weighted by Gasteiger charge is 2.12. The first-order valence-corrected chi connectivity index (χ1v) is 5.90. The van der Waals surface area contributed by atoms with Crippen LogP contribution in [0.15, 0.2) is 33.8 Å². The lowest BCUT2D eigenvalue weighted by atomic mass is 10.2. The quantitative estimate of drug-likeness (QED) is 0.774. The number of hydrogen-bond acceptors (Lipinski definition) is 5. The van der Waals surface area contributed by atoms with Crippen molar-refractivity contribution in [1.29, 1.82) is 0 Å². The molecule has 0 saturated heterocycles. The minimum atomic E-state index is -0.460. The molecule has 2 aromatic heterocycles. The van der Waals surface area contributed by atoms with Crippen molar-refractivity contribution in [1.82, 2.24) is 14.7 Å². The molecule has 0 atom stereocenters. The Bertz CT molecular complexity index is 533. The third-order valence-electron chi connectivity index (χ3n) is 2.65. The summed E-state index contributed by atoms with van der Waals surface area (Å²) in [5.74, 6) is 0.0370. The van der Waals surface area contributed by atoms with Crippen LogP contribution in [-0.4, -0.2) is 26.4 Å². The average molecular weight is 249 g/mol. The van der Waals surface area contributed by atoms with Crippen LogP contribution in [0.5, 0.6) is 0 Å². The Kier molecular flexibility index (Phi) is 4.25. The minimum absolute atomic E-state index is 0.175. The van der Waals surface area contributed by atoms with Gasteiger partial charge in [0.15, 0.2) is 5.82 Å². The fraction of sp³-hybridized carbons (Fsp3) is 0.417. The summed E-state index contributed by atoms with van der Waals surface area (Å²) in [6, 6.07) is 3.61. The van der Waals surface area contributed by atoms with Gasteiger partial charge >= 0.3 is 5.76 Å². The number of aliphatic hydroxyl groups excluding tert-OH is 1. The van der Waals surface area contributed by atoms with E-state index < -0.39 is 5.76 Å². The van der Waals surface area contributed by atoms with Gasteiger partial charge in [0.2, 0.25) is 0 Å². The van der Waals surface area contributed by atoms with Gasteiger partial charge in [-0.25, -0.2) is 4.79 Å². The lowest BCUT2D eigenvalue weighted by Gasteiger charge is -2.03. The van der Waals surface area contributed by atoms with Gasteiger partial charge in [0.25, 0.3) is 0 Å².